The van der Waals surface area contributed by atoms with Gasteiger partial charge in [-0.1, -0.05) is 15.9 Å². The van der Waals surface area contributed by atoms with Crippen LogP contribution in [0.4, 0.5) is 5.69 Å². The highest BCUT2D eigenvalue weighted by Crippen LogP contribution is 2.20. The average molecular weight is 311 g/mol. The number of amides is 1. The minimum atomic E-state index is 0.104. The number of nitrogens with one attached hydrogen (secondary N) is 1. The van der Waals surface area contributed by atoms with Gasteiger partial charge >= 0.3 is 0 Å². The molecule has 1 aliphatic rings. The summed E-state index contributed by atoms with van der Waals surface area (Å²) in [5.74, 6) is 0.104. The Kier molecular flexibility index (Phi) is 4.78. The SMILES string of the molecule is Cc1cc(Br)ccc1NC(=O)CCN1CCCC1. The fraction of sp³-hybridized carbons (Fsp3) is 0.500. The molecular formula is C14H19BrN2O. The molecule has 0 aromatic heterocycles. The Labute approximate surface area is 117 Å². The van der Waals surface area contributed by atoms with Gasteiger partial charge in [-0.15, -0.1) is 0 Å². The molecule has 18 heavy (non-hydrogen) atoms. The molecule has 0 spiro atoms. The highest BCUT2D eigenvalue weighted by molar-refractivity contribution is 9.10. The van der Waals surface area contributed by atoms with Crippen LogP contribution in [0.15, 0.2) is 22.7 Å². The van der Waals surface area contributed by atoms with Gasteiger partial charge < -0.3 is 10.2 Å². The molecule has 1 fully saturated rings. The maximum Gasteiger partial charge on any atom is 0.225 e. The lowest BCUT2D eigenvalue weighted by atomic mass is 10.2. The van der Waals surface area contributed by atoms with Crippen molar-refractivity contribution < 1.29 is 4.79 Å². The first-order valence-electron chi connectivity index (χ1n) is 6.43. The summed E-state index contributed by atoms with van der Waals surface area (Å²) in [6.45, 7) is 5.16. The molecular weight excluding hydrogens is 292 g/mol. The van der Waals surface area contributed by atoms with Crippen LogP contribution in [0.25, 0.3) is 0 Å². The van der Waals surface area contributed by atoms with Crippen molar-refractivity contribution in [2.45, 2.75) is 26.2 Å². The Balaban J connectivity index is 1.82. The number of hydrogen-bond donors (Lipinski definition) is 1. The number of hydrogen-bond acceptors (Lipinski definition) is 2. The Morgan fingerprint density at radius 1 is 1.39 bits per heavy atom. The van der Waals surface area contributed by atoms with Gasteiger partial charge in [-0.05, 0) is 56.6 Å². The molecule has 0 aliphatic carbocycles. The molecule has 1 amide bonds. The lowest BCUT2D eigenvalue weighted by molar-refractivity contribution is -0.116. The quantitative estimate of drug-likeness (QED) is 0.926. The van der Waals surface area contributed by atoms with Crippen LogP contribution in [0, 0.1) is 6.92 Å². The second-order valence-electron chi connectivity index (χ2n) is 4.81. The summed E-state index contributed by atoms with van der Waals surface area (Å²) in [4.78, 5) is 14.2. The summed E-state index contributed by atoms with van der Waals surface area (Å²) in [6, 6.07) is 5.90. The zero-order chi connectivity index (χ0) is 13.0. The zero-order valence-electron chi connectivity index (χ0n) is 10.7. The summed E-state index contributed by atoms with van der Waals surface area (Å²) in [7, 11) is 0. The van der Waals surface area contributed by atoms with Crippen molar-refractivity contribution in [3.05, 3.63) is 28.2 Å². The summed E-state index contributed by atoms with van der Waals surface area (Å²) in [6.07, 6.45) is 3.12. The van der Waals surface area contributed by atoms with E-state index in [1.165, 1.54) is 12.8 Å². The van der Waals surface area contributed by atoms with Crippen molar-refractivity contribution in [2.24, 2.45) is 0 Å². The predicted molar refractivity (Wildman–Crippen MR) is 77.8 cm³/mol. The molecule has 1 aromatic rings. The average Bonchev–Trinajstić information content (AvgIpc) is 2.83. The highest BCUT2D eigenvalue weighted by Gasteiger charge is 2.13. The van der Waals surface area contributed by atoms with E-state index < -0.39 is 0 Å². The molecule has 98 valence electrons. The lowest BCUT2D eigenvalue weighted by Gasteiger charge is -2.14. The molecule has 1 N–H and O–H groups in total. The van der Waals surface area contributed by atoms with Crippen molar-refractivity contribution in [2.75, 3.05) is 25.0 Å². The maximum absolute atomic E-state index is 11.9. The topological polar surface area (TPSA) is 32.3 Å². The van der Waals surface area contributed by atoms with E-state index in [1.54, 1.807) is 0 Å². The van der Waals surface area contributed by atoms with Gasteiger partial charge in [-0.3, -0.25) is 4.79 Å². The molecule has 0 atom stereocenters. The molecule has 0 unspecified atom stereocenters. The fourth-order valence-corrected chi connectivity index (χ4v) is 2.72. The number of anilines is 1. The van der Waals surface area contributed by atoms with Crippen molar-refractivity contribution in [3.63, 3.8) is 0 Å². The summed E-state index contributed by atoms with van der Waals surface area (Å²) in [5, 5.41) is 2.97. The largest absolute Gasteiger partial charge is 0.326 e. The number of likely N-dealkylation sites (tertiary alicyclic amines) is 1. The molecule has 1 aliphatic heterocycles. The second kappa shape index (κ2) is 6.34. The molecule has 1 heterocycles. The standard InChI is InChI=1S/C14H19BrN2O/c1-11-10-12(15)4-5-13(11)16-14(18)6-9-17-7-2-3-8-17/h4-5,10H,2-3,6-9H2,1H3,(H,16,18). The molecule has 0 bridgehead atoms. The Bertz CT molecular complexity index is 428. The first-order chi connectivity index (χ1) is 8.65. The molecule has 0 radical (unpaired) electrons. The molecule has 2 rings (SSSR count). The second-order valence-corrected chi connectivity index (χ2v) is 5.72. The van der Waals surface area contributed by atoms with E-state index >= 15 is 0 Å². The summed E-state index contributed by atoms with van der Waals surface area (Å²) in [5.41, 5.74) is 1.99. The van der Waals surface area contributed by atoms with Crippen LogP contribution in [-0.2, 0) is 4.79 Å². The highest BCUT2D eigenvalue weighted by atomic mass is 79.9. The van der Waals surface area contributed by atoms with Gasteiger partial charge in [0.15, 0.2) is 0 Å². The van der Waals surface area contributed by atoms with E-state index in [0.29, 0.717) is 6.42 Å². The third-order valence-corrected chi connectivity index (χ3v) is 3.81. The molecule has 0 saturated carbocycles. The number of nitrogens with zero attached hydrogens (tertiary/aromatic N) is 1. The molecule has 4 heteroatoms. The third-order valence-electron chi connectivity index (χ3n) is 3.32. The number of rotatable bonds is 4. The Morgan fingerprint density at radius 2 is 2.11 bits per heavy atom. The molecule has 1 saturated heterocycles. The van der Waals surface area contributed by atoms with Gasteiger partial charge in [0.25, 0.3) is 0 Å². The smallest absolute Gasteiger partial charge is 0.225 e. The van der Waals surface area contributed by atoms with E-state index in [2.05, 4.69) is 26.1 Å². The number of benzene rings is 1. The number of carbonyl (C=O) groups is 1. The van der Waals surface area contributed by atoms with Gasteiger partial charge in [-0.25, -0.2) is 0 Å². The number of aryl methyl sites for hydroxylation is 1. The summed E-state index contributed by atoms with van der Waals surface area (Å²) >= 11 is 3.42. The van der Waals surface area contributed by atoms with Gasteiger partial charge in [-0.2, -0.15) is 0 Å². The number of carbonyl (C=O) groups excluding carboxylic acids is 1. The predicted octanol–water partition coefficient (Wildman–Crippen LogP) is 3.18. The van der Waals surface area contributed by atoms with Crippen LogP contribution in [0.2, 0.25) is 0 Å². The van der Waals surface area contributed by atoms with Gasteiger partial charge in [0, 0.05) is 23.1 Å². The first-order valence-corrected chi connectivity index (χ1v) is 7.23. The summed E-state index contributed by atoms with van der Waals surface area (Å²) < 4.78 is 1.04. The van der Waals surface area contributed by atoms with Crippen molar-refractivity contribution in [3.8, 4) is 0 Å². The normalized spacial score (nSPS) is 15.9. The maximum atomic E-state index is 11.9. The van der Waals surface area contributed by atoms with Crippen molar-refractivity contribution in [1.29, 1.82) is 0 Å². The monoisotopic (exact) mass is 310 g/mol. The van der Waals surface area contributed by atoms with Crippen molar-refractivity contribution >= 4 is 27.5 Å². The Hall–Kier alpha value is -0.870. The first kappa shape index (κ1) is 13.6. The van der Waals surface area contributed by atoms with E-state index in [1.807, 2.05) is 25.1 Å². The fourth-order valence-electron chi connectivity index (χ4n) is 2.25. The third kappa shape index (κ3) is 3.82. The minimum absolute atomic E-state index is 0.104. The van der Waals surface area contributed by atoms with Crippen LogP contribution < -0.4 is 5.32 Å². The van der Waals surface area contributed by atoms with E-state index in [4.69, 9.17) is 0 Å². The van der Waals surface area contributed by atoms with Crippen LogP contribution >= 0.6 is 15.9 Å². The number of halogens is 1. The molecule has 3 nitrogen and oxygen atoms in total. The van der Waals surface area contributed by atoms with E-state index in [0.717, 1.165) is 35.4 Å². The minimum Gasteiger partial charge on any atom is -0.326 e. The van der Waals surface area contributed by atoms with Crippen LogP contribution in [0.5, 0.6) is 0 Å². The zero-order valence-corrected chi connectivity index (χ0v) is 12.3. The van der Waals surface area contributed by atoms with Gasteiger partial charge in [0.2, 0.25) is 5.91 Å². The van der Waals surface area contributed by atoms with Crippen LogP contribution in [-0.4, -0.2) is 30.4 Å². The Morgan fingerprint density at radius 3 is 2.78 bits per heavy atom. The van der Waals surface area contributed by atoms with Gasteiger partial charge in [0.05, 0.1) is 0 Å². The molecule has 1 aromatic carbocycles. The van der Waals surface area contributed by atoms with E-state index in [9.17, 15) is 4.79 Å². The van der Waals surface area contributed by atoms with E-state index in [-0.39, 0.29) is 5.91 Å². The van der Waals surface area contributed by atoms with Crippen molar-refractivity contribution in [1.82, 2.24) is 4.90 Å². The van der Waals surface area contributed by atoms with Crippen LogP contribution in [0.1, 0.15) is 24.8 Å². The van der Waals surface area contributed by atoms with Crippen LogP contribution in [0.3, 0.4) is 0 Å². The van der Waals surface area contributed by atoms with Gasteiger partial charge in [0.1, 0.15) is 0 Å². The lowest BCUT2D eigenvalue weighted by Crippen LogP contribution is -2.25.